The van der Waals surface area contributed by atoms with E-state index < -0.39 is 17.1 Å². The van der Waals surface area contributed by atoms with E-state index in [0.29, 0.717) is 21.7 Å². The molecule has 0 aromatic carbocycles. The minimum absolute atomic E-state index is 0.0111. The summed E-state index contributed by atoms with van der Waals surface area (Å²) in [5, 5.41) is 1.84. The van der Waals surface area contributed by atoms with E-state index in [1.54, 1.807) is 6.07 Å². The largest absolute Gasteiger partial charge is 0.494 e. The number of halogens is 1. The second-order valence-corrected chi connectivity index (χ2v) is 7.18. The van der Waals surface area contributed by atoms with Crippen LogP contribution in [-0.4, -0.2) is 16.2 Å². The molecule has 0 saturated heterocycles. The fraction of sp³-hybridized carbons (Fsp3) is 0.294. The van der Waals surface area contributed by atoms with Crippen LogP contribution in [0.5, 0.6) is 5.75 Å². The Kier molecular flexibility index (Phi) is 3.85. The molecule has 9 heteroatoms. The third-order valence-corrected chi connectivity index (χ3v) is 5.60. The molecule has 1 aliphatic carbocycles. The third-order valence-electron chi connectivity index (χ3n) is 4.61. The zero-order valence-electron chi connectivity index (χ0n) is 14.0. The number of nitrogens with zero attached hydrogens (tertiary/aromatic N) is 2. The molecular weight excluding hydrogens is 359 g/mol. The maximum atomic E-state index is 14.9. The molecule has 3 aromatic rings. The highest BCUT2D eigenvalue weighted by molar-refractivity contribution is 7.13. The van der Waals surface area contributed by atoms with Crippen LogP contribution in [0.2, 0.25) is 0 Å². The molecule has 1 fully saturated rings. The summed E-state index contributed by atoms with van der Waals surface area (Å²) in [6, 6.07) is 1.78. The van der Waals surface area contributed by atoms with E-state index in [2.05, 4.69) is 0 Å². The van der Waals surface area contributed by atoms with Crippen molar-refractivity contribution in [1.29, 1.82) is 0 Å². The van der Waals surface area contributed by atoms with Gasteiger partial charge >= 0.3 is 5.69 Å². The molecule has 0 aliphatic heterocycles. The van der Waals surface area contributed by atoms with E-state index in [4.69, 9.17) is 16.3 Å². The number of ether oxygens (including phenoxy) is 1. The van der Waals surface area contributed by atoms with E-state index in [9.17, 15) is 14.0 Å². The van der Waals surface area contributed by atoms with Crippen LogP contribution in [0.1, 0.15) is 29.9 Å². The summed E-state index contributed by atoms with van der Waals surface area (Å²) in [6.45, 7) is 0.332. The van der Waals surface area contributed by atoms with Gasteiger partial charge in [0.05, 0.1) is 24.4 Å². The summed E-state index contributed by atoms with van der Waals surface area (Å²) in [4.78, 5) is 25.6. The Hall–Kier alpha value is -2.65. The van der Waals surface area contributed by atoms with Crippen LogP contribution in [0.4, 0.5) is 4.39 Å². The molecule has 3 heterocycles. The average Bonchev–Trinajstić information content (AvgIpc) is 3.36. The molecule has 3 aromatic heterocycles. The molecule has 7 nitrogen and oxygen atoms in total. The van der Waals surface area contributed by atoms with E-state index in [0.717, 1.165) is 29.0 Å². The highest BCUT2D eigenvalue weighted by Crippen LogP contribution is 2.45. The number of nitrogen functional groups attached to an aromatic ring is 1. The van der Waals surface area contributed by atoms with Crippen LogP contribution in [-0.2, 0) is 6.54 Å². The Morgan fingerprint density at radius 1 is 1.38 bits per heavy atom. The number of fused-ring (bicyclic) bond motifs is 1. The number of rotatable bonds is 4. The van der Waals surface area contributed by atoms with Gasteiger partial charge in [0.15, 0.2) is 11.6 Å². The van der Waals surface area contributed by atoms with Crippen molar-refractivity contribution >= 4 is 16.9 Å². The Morgan fingerprint density at radius 3 is 2.69 bits per heavy atom. The van der Waals surface area contributed by atoms with Crippen LogP contribution in [0, 0.1) is 5.82 Å². The fourth-order valence-corrected chi connectivity index (χ4v) is 4.17. The van der Waals surface area contributed by atoms with Gasteiger partial charge in [0.2, 0.25) is 0 Å². The summed E-state index contributed by atoms with van der Waals surface area (Å²) in [5.41, 5.74) is 6.02. The van der Waals surface area contributed by atoms with Crippen molar-refractivity contribution in [2.75, 3.05) is 13.0 Å². The highest BCUT2D eigenvalue weighted by atomic mass is 32.1. The first-order valence-electron chi connectivity index (χ1n) is 8.08. The van der Waals surface area contributed by atoms with E-state index in [1.807, 2.05) is 5.38 Å². The first kappa shape index (κ1) is 16.8. The molecule has 0 amide bonds. The molecule has 0 radical (unpaired) electrons. The minimum Gasteiger partial charge on any atom is -0.494 e. The maximum Gasteiger partial charge on any atom is 0.354 e. The molecule has 0 bridgehead atoms. The molecule has 136 valence electrons. The molecular formula is C17H17FN4O3S. The predicted molar refractivity (Wildman–Crippen MR) is 97.8 cm³/mol. The smallest absolute Gasteiger partial charge is 0.354 e. The lowest BCUT2D eigenvalue weighted by atomic mass is 10.1. The molecule has 4 rings (SSSR count). The number of hydrogen-bond donors (Lipinski definition) is 2. The molecule has 0 unspecified atom stereocenters. The van der Waals surface area contributed by atoms with E-state index in [-0.39, 0.29) is 22.7 Å². The van der Waals surface area contributed by atoms with Gasteiger partial charge < -0.3 is 16.3 Å². The van der Waals surface area contributed by atoms with Crippen molar-refractivity contribution in [3.8, 4) is 16.2 Å². The molecule has 4 N–H and O–H groups in total. The van der Waals surface area contributed by atoms with Crippen LogP contribution in [0.3, 0.4) is 0 Å². The summed E-state index contributed by atoms with van der Waals surface area (Å²) >= 11 is 1.33. The Morgan fingerprint density at radius 2 is 2.12 bits per heavy atom. The van der Waals surface area contributed by atoms with Crippen LogP contribution in [0.15, 0.2) is 27.2 Å². The van der Waals surface area contributed by atoms with Crippen molar-refractivity contribution < 1.29 is 9.13 Å². The highest BCUT2D eigenvalue weighted by Gasteiger charge is 2.33. The Bertz CT molecular complexity index is 1140. The normalized spacial score (nSPS) is 14.1. The molecule has 0 spiro atoms. The molecule has 26 heavy (non-hydrogen) atoms. The standard InChI is InChI=1S/C17H17FN4O3S/c1-25-15-13(11-4-8(5-19)7-26-11)10(18)6-21-14(15)12(9-2-3-9)16(23)22(20)17(21)24/h4,6-7,9H,2-3,5,19-20H2,1H3. The Balaban J connectivity index is 2.17. The number of pyridine rings is 1. The average molecular weight is 376 g/mol. The van der Waals surface area contributed by atoms with Gasteiger partial charge in [-0.15, -0.1) is 11.3 Å². The van der Waals surface area contributed by atoms with Gasteiger partial charge in [-0.25, -0.2) is 9.18 Å². The number of thiophene rings is 1. The van der Waals surface area contributed by atoms with Crippen LogP contribution < -0.4 is 27.6 Å². The lowest BCUT2D eigenvalue weighted by Gasteiger charge is -2.16. The van der Waals surface area contributed by atoms with Gasteiger partial charge in [0.1, 0.15) is 5.52 Å². The van der Waals surface area contributed by atoms with Crippen LogP contribution in [0.25, 0.3) is 16.0 Å². The van der Waals surface area contributed by atoms with Gasteiger partial charge in [-0.05, 0) is 35.8 Å². The number of methoxy groups -OCH3 is 1. The van der Waals surface area contributed by atoms with Crippen LogP contribution >= 0.6 is 11.3 Å². The summed E-state index contributed by atoms with van der Waals surface area (Å²) in [6.07, 6.45) is 2.69. The zero-order chi connectivity index (χ0) is 18.6. The zero-order valence-corrected chi connectivity index (χ0v) is 14.8. The second kappa shape index (κ2) is 5.96. The summed E-state index contributed by atoms with van der Waals surface area (Å²) in [7, 11) is 1.39. The van der Waals surface area contributed by atoms with Crippen molar-refractivity contribution in [2.24, 2.45) is 5.73 Å². The first-order chi connectivity index (χ1) is 12.5. The predicted octanol–water partition coefficient (Wildman–Crippen LogP) is 1.39. The first-order valence-corrected chi connectivity index (χ1v) is 8.96. The van der Waals surface area contributed by atoms with Gasteiger partial charge in [-0.1, -0.05) is 0 Å². The van der Waals surface area contributed by atoms with Crippen molar-refractivity contribution in [1.82, 2.24) is 9.08 Å². The lowest BCUT2D eigenvalue weighted by molar-refractivity contribution is 0.415. The molecule has 1 aliphatic rings. The fourth-order valence-electron chi connectivity index (χ4n) is 3.20. The van der Waals surface area contributed by atoms with Gasteiger partial charge in [-0.3, -0.25) is 9.20 Å². The summed E-state index contributed by atoms with van der Waals surface area (Å²) in [5.74, 6) is 5.13. The third kappa shape index (κ3) is 2.35. The van der Waals surface area contributed by atoms with Gasteiger partial charge in [-0.2, -0.15) is 4.68 Å². The SMILES string of the molecule is COc1c(-c2cc(CN)cs2)c(F)cn2c(=O)n(N)c(=O)c(C3CC3)c12. The van der Waals surface area contributed by atoms with E-state index in [1.165, 1.54) is 18.4 Å². The quantitative estimate of drug-likeness (QED) is 0.670. The van der Waals surface area contributed by atoms with E-state index >= 15 is 0 Å². The second-order valence-electron chi connectivity index (χ2n) is 6.27. The number of nitrogens with two attached hydrogens (primary N) is 2. The number of aromatic nitrogens is 2. The van der Waals surface area contributed by atoms with Gasteiger partial charge in [0.25, 0.3) is 5.56 Å². The molecule has 1 saturated carbocycles. The monoisotopic (exact) mass is 376 g/mol. The van der Waals surface area contributed by atoms with Crippen molar-refractivity contribution in [2.45, 2.75) is 25.3 Å². The number of hydrogen-bond acceptors (Lipinski definition) is 6. The van der Waals surface area contributed by atoms with Crippen molar-refractivity contribution in [3.05, 3.63) is 55.4 Å². The summed E-state index contributed by atoms with van der Waals surface area (Å²) < 4.78 is 22.0. The van der Waals surface area contributed by atoms with Crippen molar-refractivity contribution in [3.63, 3.8) is 0 Å². The maximum absolute atomic E-state index is 14.9. The van der Waals surface area contributed by atoms with Gasteiger partial charge in [0, 0.05) is 11.4 Å². The Labute approximate surface area is 151 Å². The minimum atomic E-state index is -0.813. The molecule has 0 atom stereocenters. The topological polar surface area (TPSA) is 105 Å². The lowest BCUT2D eigenvalue weighted by Crippen LogP contribution is -2.44.